The molecule has 2 aromatic heterocycles. The third kappa shape index (κ3) is 15.0. The van der Waals surface area contributed by atoms with Gasteiger partial charge in [-0.15, -0.1) is 10.2 Å². The maximum absolute atomic E-state index is 6.33. The van der Waals surface area contributed by atoms with Crippen LogP contribution in [0.25, 0.3) is 0 Å². The molecule has 2 fully saturated rings. The topological polar surface area (TPSA) is 147 Å². The average molecular weight is 889 g/mol. The zero-order valence-corrected chi connectivity index (χ0v) is 37.9. The van der Waals surface area contributed by atoms with Gasteiger partial charge in [0.1, 0.15) is 22.6 Å². The van der Waals surface area contributed by atoms with E-state index in [1.54, 1.807) is 0 Å². The number of benzene rings is 2. The summed E-state index contributed by atoms with van der Waals surface area (Å²) in [5.74, 6) is 0.916. The van der Waals surface area contributed by atoms with E-state index in [1.807, 2.05) is 98.0 Å². The lowest BCUT2D eigenvalue weighted by Gasteiger charge is -2.41. The smallest absolute Gasteiger partial charge is 0.217 e. The van der Waals surface area contributed by atoms with Crippen molar-refractivity contribution in [3.63, 3.8) is 0 Å². The molecule has 6 rings (SSSR count). The molecule has 2 aliphatic heterocycles. The van der Waals surface area contributed by atoms with Gasteiger partial charge in [0.05, 0.1) is 51.0 Å². The first-order chi connectivity index (χ1) is 29.3. The molecule has 2 aliphatic rings. The SMILES string of the molecule is CC(CCC1OC(c2ccc(Cl)cc2)OOC1(C)C)CCn1cc(COCCNCCOCc2cn(CCC(C)CCC3OC(c4ccc(Cl)cc4)OOC3(C)C)nn2)nn1. The van der Waals surface area contributed by atoms with Crippen molar-refractivity contribution in [2.24, 2.45) is 11.8 Å². The molecule has 0 amide bonds. The molecule has 6 atom stereocenters. The van der Waals surface area contributed by atoms with E-state index in [1.165, 1.54) is 0 Å². The van der Waals surface area contributed by atoms with Gasteiger partial charge in [0.15, 0.2) is 0 Å². The third-order valence-electron chi connectivity index (χ3n) is 11.2. The second-order valence-corrected chi connectivity index (χ2v) is 18.2. The Balaban J connectivity index is 0.767. The first-order valence-corrected chi connectivity index (χ1v) is 22.2. The fourth-order valence-corrected chi connectivity index (χ4v) is 7.37. The average Bonchev–Trinajstić information content (AvgIpc) is 3.90. The van der Waals surface area contributed by atoms with Crippen LogP contribution < -0.4 is 5.32 Å². The van der Waals surface area contributed by atoms with Crippen molar-refractivity contribution in [2.75, 3.05) is 26.3 Å². The molecule has 6 unspecified atom stereocenters. The van der Waals surface area contributed by atoms with E-state index in [9.17, 15) is 0 Å². The van der Waals surface area contributed by atoms with Crippen molar-refractivity contribution in [3.8, 4) is 0 Å². The highest BCUT2D eigenvalue weighted by atomic mass is 35.5. The molecule has 4 heterocycles. The summed E-state index contributed by atoms with van der Waals surface area (Å²) < 4.78 is 28.1. The van der Waals surface area contributed by atoms with Gasteiger partial charge in [-0.1, -0.05) is 71.7 Å². The van der Waals surface area contributed by atoms with Crippen LogP contribution >= 0.6 is 23.2 Å². The summed E-state index contributed by atoms with van der Waals surface area (Å²) in [6, 6.07) is 14.9. The third-order valence-corrected chi connectivity index (χ3v) is 11.7. The van der Waals surface area contributed by atoms with Crippen LogP contribution in [0.4, 0.5) is 0 Å². The van der Waals surface area contributed by atoms with E-state index < -0.39 is 23.8 Å². The number of aromatic nitrogens is 6. The summed E-state index contributed by atoms with van der Waals surface area (Å²) in [6.45, 7) is 17.4. The Morgan fingerprint density at radius 1 is 0.639 bits per heavy atom. The van der Waals surface area contributed by atoms with Crippen LogP contribution in [0.2, 0.25) is 10.0 Å². The molecule has 61 heavy (non-hydrogen) atoms. The van der Waals surface area contributed by atoms with E-state index in [-0.39, 0.29) is 12.2 Å². The minimum atomic E-state index is -0.582. The van der Waals surface area contributed by atoms with Crippen LogP contribution in [-0.4, -0.2) is 79.7 Å². The highest BCUT2D eigenvalue weighted by molar-refractivity contribution is 6.30. The summed E-state index contributed by atoms with van der Waals surface area (Å²) in [4.78, 5) is 22.6. The second kappa shape index (κ2) is 23.0. The fourth-order valence-electron chi connectivity index (χ4n) is 7.11. The van der Waals surface area contributed by atoms with Crippen molar-refractivity contribution in [2.45, 2.75) is 142 Å². The van der Waals surface area contributed by atoms with Crippen LogP contribution in [0, 0.1) is 11.8 Å². The lowest BCUT2D eigenvalue weighted by Crippen LogP contribution is -2.46. The summed E-state index contributed by atoms with van der Waals surface area (Å²) >= 11 is 12.1. The molecule has 336 valence electrons. The van der Waals surface area contributed by atoms with Gasteiger partial charge in [0.2, 0.25) is 12.6 Å². The Hall–Kier alpha value is -3.06. The Bertz CT molecular complexity index is 1750. The molecule has 0 saturated carbocycles. The molecule has 0 spiro atoms. The predicted molar refractivity (Wildman–Crippen MR) is 229 cm³/mol. The first-order valence-electron chi connectivity index (χ1n) is 21.5. The molecular formula is C44H63Cl2N7O8. The molecule has 0 bridgehead atoms. The number of ether oxygens (including phenoxy) is 4. The molecule has 2 aromatic carbocycles. The zero-order valence-electron chi connectivity index (χ0n) is 36.3. The number of hydrogen-bond donors (Lipinski definition) is 1. The molecule has 17 heteroatoms. The van der Waals surface area contributed by atoms with Gasteiger partial charge in [-0.25, -0.2) is 9.78 Å². The summed E-state index contributed by atoms with van der Waals surface area (Å²) in [5, 5.41) is 21.9. The van der Waals surface area contributed by atoms with E-state index in [0.29, 0.717) is 61.4 Å². The van der Waals surface area contributed by atoms with E-state index in [0.717, 1.165) is 74.1 Å². The normalized spacial score (nSPS) is 22.3. The fraction of sp³-hybridized carbons (Fsp3) is 0.636. The summed E-state index contributed by atoms with van der Waals surface area (Å²) in [5.41, 5.74) is 2.27. The molecule has 15 nitrogen and oxygen atoms in total. The van der Waals surface area contributed by atoms with Crippen molar-refractivity contribution in [1.29, 1.82) is 0 Å². The van der Waals surface area contributed by atoms with Gasteiger partial charge >= 0.3 is 0 Å². The predicted octanol–water partition coefficient (Wildman–Crippen LogP) is 8.76. The number of hydrogen-bond acceptors (Lipinski definition) is 13. The van der Waals surface area contributed by atoms with Gasteiger partial charge in [-0.3, -0.25) is 9.36 Å². The van der Waals surface area contributed by atoms with Crippen LogP contribution in [0.15, 0.2) is 60.9 Å². The van der Waals surface area contributed by atoms with Crippen LogP contribution in [-0.2, 0) is 64.8 Å². The standard InChI is InChI=1S/C44H63Cl2N7O8/c1-31(7-17-39-43(3,4)60-58-41(56-39)33-9-13-35(45)14-10-33)19-23-52-27-37(48-50-52)29-54-25-21-47-22-26-55-30-38-28-53(51-49-38)24-20-32(2)8-18-40-44(5,6)61-59-42(57-40)34-11-15-36(46)16-12-34/h9-16,27-28,31-32,39-42,47H,7-8,17-26,29-30H2,1-6H3. The van der Waals surface area contributed by atoms with Gasteiger partial charge < -0.3 is 24.3 Å². The molecule has 2 saturated heterocycles. The maximum Gasteiger partial charge on any atom is 0.217 e. The second-order valence-electron chi connectivity index (χ2n) is 17.3. The summed E-state index contributed by atoms with van der Waals surface area (Å²) in [6.07, 6.45) is 8.12. The van der Waals surface area contributed by atoms with Crippen molar-refractivity contribution in [1.82, 2.24) is 35.3 Å². The van der Waals surface area contributed by atoms with E-state index in [2.05, 4.69) is 39.8 Å². The van der Waals surface area contributed by atoms with Gasteiger partial charge in [0, 0.05) is 47.4 Å². The van der Waals surface area contributed by atoms with E-state index >= 15 is 0 Å². The quantitative estimate of drug-likeness (QED) is 0.0529. The van der Waals surface area contributed by atoms with Crippen molar-refractivity contribution < 1.29 is 38.5 Å². The van der Waals surface area contributed by atoms with Crippen LogP contribution in [0.3, 0.4) is 0 Å². The summed E-state index contributed by atoms with van der Waals surface area (Å²) in [7, 11) is 0. The van der Waals surface area contributed by atoms with Crippen molar-refractivity contribution >= 4 is 23.2 Å². The molecule has 0 aliphatic carbocycles. The number of halogens is 2. The number of aryl methyl sites for hydroxylation is 2. The Morgan fingerprint density at radius 2 is 1.05 bits per heavy atom. The molecule has 4 aromatic rings. The monoisotopic (exact) mass is 887 g/mol. The zero-order chi connectivity index (χ0) is 43.2. The van der Waals surface area contributed by atoms with Gasteiger partial charge in [-0.05, 0) is 102 Å². The van der Waals surface area contributed by atoms with Crippen LogP contribution in [0.1, 0.15) is 115 Å². The number of nitrogens with one attached hydrogen (secondary N) is 1. The highest BCUT2D eigenvalue weighted by Crippen LogP contribution is 2.38. The first kappa shape index (κ1) is 47.4. The molecule has 1 N–H and O–H groups in total. The maximum atomic E-state index is 6.33. The lowest BCUT2D eigenvalue weighted by atomic mass is 9.92. The minimum absolute atomic E-state index is 0.112. The highest BCUT2D eigenvalue weighted by Gasteiger charge is 2.42. The van der Waals surface area contributed by atoms with Crippen LogP contribution in [0.5, 0.6) is 0 Å². The Morgan fingerprint density at radius 3 is 1.46 bits per heavy atom. The Labute approximate surface area is 369 Å². The molecule has 0 radical (unpaired) electrons. The Kier molecular flexibility index (Phi) is 17.9. The minimum Gasteiger partial charge on any atom is -0.374 e. The van der Waals surface area contributed by atoms with Gasteiger partial charge in [-0.2, -0.15) is 9.78 Å². The van der Waals surface area contributed by atoms with E-state index in [4.69, 9.17) is 61.7 Å². The lowest BCUT2D eigenvalue weighted by molar-refractivity contribution is -0.487. The number of nitrogens with zero attached hydrogens (tertiary/aromatic N) is 6. The number of rotatable bonds is 24. The van der Waals surface area contributed by atoms with Crippen molar-refractivity contribution in [3.05, 3.63) is 93.5 Å². The largest absolute Gasteiger partial charge is 0.374 e. The molecular weight excluding hydrogens is 825 g/mol. The van der Waals surface area contributed by atoms with Gasteiger partial charge in [0.25, 0.3) is 0 Å².